The Hall–Kier alpha value is -2.31. The smallest absolute Gasteiger partial charge is 0.119 e. The van der Waals surface area contributed by atoms with Gasteiger partial charge in [-0.15, -0.1) is 0 Å². The third-order valence-electron chi connectivity index (χ3n) is 8.26. The fourth-order valence-corrected chi connectivity index (χ4v) is 6.03. The zero-order valence-corrected chi connectivity index (χ0v) is 23.4. The van der Waals surface area contributed by atoms with Crippen LogP contribution in [0.25, 0.3) is 11.1 Å². The summed E-state index contributed by atoms with van der Waals surface area (Å²) in [7, 11) is 0. The standard InChI is InChI=1S/C34H49NO2/c1-3-5-6-7-9-23-34(27-35)24-11-13-31(26-34)30-17-15-28(16-18-30)29-19-21-33(22-20-29)37-32(12-4-2)14-8-10-25-36/h15-22,31-32,36H,3-14,23-26H2,1-2H3. The third kappa shape index (κ3) is 9.19. The van der Waals surface area contributed by atoms with E-state index in [0.29, 0.717) is 5.92 Å². The highest BCUT2D eigenvalue weighted by molar-refractivity contribution is 5.64. The molecule has 1 saturated carbocycles. The van der Waals surface area contributed by atoms with Crippen molar-refractivity contribution < 1.29 is 9.84 Å². The Labute approximate surface area is 226 Å². The number of hydrogen-bond donors (Lipinski definition) is 1. The second kappa shape index (κ2) is 15.8. The molecule has 0 bridgehead atoms. The van der Waals surface area contributed by atoms with Gasteiger partial charge in [-0.25, -0.2) is 0 Å². The van der Waals surface area contributed by atoms with Gasteiger partial charge in [-0.3, -0.25) is 0 Å². The van der Waals surface area contributed by atoms with Crippen LogP contribution in [0.15, 0.2) is 48.5 Å². The van der Waals surface area contributed by atoms with Gasteiger partial charge in [0.05, 0.1) is 17.6 Å². The molecule has 0 spiro atoms. The van der Waals surface area contributed by atoms with Crippen molar-refractivity contribution in [2.75, 3.05) is 6.61 Å². The highest BCUT2D eigenvalue weighted by Crippen LogP contribution is 2.47. The number of hydrogen-bond acceptors (Lipinski definition) is 3. The summed E-state index contributed by atoms with van der Waals surface area (Å²) < 4.78 is 6.26. The molecule has 3 rings (SSSR count). The summed E-state index contributed by atoms with van der Waals surface area (Å²) >= 11 is 0. The topological polar surface area (TPSA) is 53.2 Å². The molecule has 3 heteroatoms. The molecule has 3 unspecified atom stereocenters. The molecule has 0 heterocycles. The zero-order chi connectivity index (χ0) is 26.3. The summed E-state index contributed by atoms with van der Waals surface area (Å²) in [5.41, 5.74) is 3.69. The van der Waals surface area contributed by atoms with E-state index < -0.39 is 0 Å². The van der Waals surface area contributed by atoms with Crippen molar-refractivity contribution in [1.29, 1.82) is 5.26 Å². The van der Waals surface area contributed by atoms with E-state index in [-0.39, 0.29) is 18.1 Å². The number of benzene rings is 2. The van der Waals surface area contributed by atoms with Gasteiger partial charge >= 0.3 is 0 Å². The van der Waals surface area contributed by atoms with Crippen LogP contribution in [-0.4, -0.2) is 17.8 Å². The minimum absolute atomic E-state index is 0.128. The quantitative estimate of drug-likeness (QED) is 0.232. The average Bonchev–Trinajstić information content (AvgIpc) is 2.94. The van der Waals surface area contributed by atoms with Gasteiger partial charge in [0, 0.05) is 6.61 Å². The van der Waals surface area contributed by atoms with Crippen LogP contribution in [0.4, 0.5) is 0 Å². The maximum atomic E-state index is 10.1. The number of aliphatic hydroxyl groups excluding tert-OH is 1. The number of nitrogens with zero attached hydrogens (tertiary/aromatic N) is 1. The summed E-state index contributed by atoms with van der Waals surface area (Å²) in [5.74, 6) is 1.42. The number of unbranched alkanes of at least 4 members (excludes halogenated alkanes) is 5. The molecule has 1 aliphatic carbocycles. The van der Waals surface area contributed by atoms with Gasteiger partial charge in [0.1, 0.15) is 5.75 Å². The van der Waals surface area contributed by atoms with Crippen molar-refractivity contribution in [3.63, 3.8) is 0 Å². The van der Waals surface area contributed by atoms with Crippen LogP contribution >= 0.6 is 0 Å². The lowest BCUT2D eigenvalue weighted by Crippen LogP contribution is -2.26. The Morgan fingerprint density at radius 3 is 2.24 bits per heavy atom. The molecule has 0 saturated heterocycles. The molecule has 0 radical (unpaired) electrons. The van der Waals surface area contributed by atoms with Crippen LogP contribution in [0.5, 0.6) is 5.75 Å². The van der Waals surface area contributed by atoms with Gasteiger partial charge in [-0.1, -0.05) is 95.2 Å². The van der Waals surface area contributed by atoms with Crippen LogP contribution in [0.2, 0.25) is 0 Å². The van der Waals surface area contributed by atoms with Gasteiger partial charge < -0.3 is 9.84 Å². The van der Waals surface area contributed by atoms with Crippen molar-refractivity contribution in [2.45, 2.75) is 122 Å². The minimum atomic E-state index is -0.128. The number of ether oxygens (including phenoxy) is 1. The summed E-state index contributed by atoms with van der Waals surface area (Å²) in [6, 6.07) is 20.3. The molecule has 0 aromatic heterocycles. The molecule has 1 aliphatic rings. The Kier molecular flexibility index (Phi) is 12.5. The summed E-state index contributed by atoms with van der Waals surface area (Å²) in [6.45, 7) is 4.70. The molecule has 1 fully saturated rings. The molecule has 3 atom stereocenters. The predicted octanol–water partition coefficient (Wildman–Crippen LogP) is 9.59. The second-order valence-electron chi connectivity index (χ2n) is 11.2. The Morgan fingerprint density at radius 2 is 1.59 bits per heavy atom. The van der Waals surface area contributed by atoms with Crippen molar-refractivity contribution in [2.24, 2.45) is 5.41 Å². The van der Waals surface area contributed by atoms with E-state index in [1.165, 1.54) is 55.2 Å². The van der Waals surface area contributed by atoms with E-state index in [9.17, 15) is 5.26 Å². The second-order valence-corrected chi connectivity index (χ2v) is 11.2. The van der Waals surface area contributed by atoms with Gasteiger partial charge in [0.2, 0.25) is 0 Å². The van der Waals surface area contributed by atoms with E-state index >= 15 is 0 Å². The fraction of sp³-hybridized carbons (Fsp3) is 0.618. The molecule has 37 heavy (non-hydrogen) atoms. The molecular formula is C34H49NO2. The molecule has 0 amide bonds. The van der Waals surface area contributed by atoms with Crippen LogP contribution in [0, 0.1) is 16.7 Å². The van der Waals surface area contributed by atoms with Gasteiger partial charge in [0.25, 0.3) is 0 Å². The van der Waals surface area contributed by atoms with E-state index in [1.807, 2.05) is 0 Å². The van der Waals surface area contributed by atoms with Crippen LogP contribution in [0.1, 0.15) is 122 Å². The largest absolute Gasteiger partial charge is 0.490 e. The molecule has 2 aromatic rings. The first-order valence-corrected chi connectivity index (χ1v) is 15.0. The molecule has 202 valence electrons. The summed E-state index contributed by atoms with van der Waals surface area (Å²) in [4.78, 5) is 0. The molecule has 3 nitrogen and oxygen atoms in total. The number of aliphatic hydroxyl groups is 1. The number of nitriles is 1. The maximum absolute atomic E-state index is 10.1. The highest BCUT2D eigenvalue weighted by Gasteiger charge is 2.36. The SMILES string of the molecule is CCCCCCCC1(C#N)CCCC(c2ccc(-c3ccc(OC(CCC)CCCCO)cc3)cc2)C1. The summed E-state index contributed by atoms with van der Waals surface area (Å²) in [6.07, 6.45) is 17.1. The Balaban J connectivity index is 1.58. The molecule has 1 N–H and O–H groups in total. The van der Waals surface area contributed by atoms with Gasteiger partial charge in [-0.05, 0) is 86.1 Å². The van der Waals surface area contributed by atoms with E-state index in [1.54, 1.807) is 0 Å². The lowest BCUT2D eigenvalue weighted by atomic mass is 9.66. The van der Waals surface area contributed by atoms with Crippen molar-refractivity contribution in [3.8, 4) is 22.9 Å². The first-order chi connectivity index (χ1) is 18.1. The van der Waals surface area contributed by atoms with Gasteiger partial charge in [-0.2, -0.15) is 5.26 Å². The first kappa shape index (κ1) is 29.2. The van der Waals surface area contributed by atoms with Crippen LogP contribution in [-0.2, 0) is 0 Å². The minimum Gasteiger partial charge on any atom is -0.490 e. The van der Waals surface area contributed by atoms with Crippen molar-refractivity contribution in [1.82, 2.24) is 0 Å². The lowest BCUT2D eigenvalue weighted by Gasteiger charge is -2.36. The van der Waals surface area contributed by atoms with E-state index in [0.717, 1.165) is 63.5 Å². The monoisotopic (exact) mass is 503 g/mol. The van der Waals surface area contributed by atoms with E-state index in [2.05, 4.69) is 68.4 Å². The predicted molar refractivity (Wildman–Crippen MR) is 155 cm³/mol. The van der Waals surface area contributed by atoms with Crippen molar-refractivity contribution >= 4 is 0 Å². The average molecular weight is 504 g/mol. The Bertz CT molecular complexity index is 930. The van der Waals surface area contributed by atoms with Crippen LogP contribution < -0.4 is 4.74 Å². The van der Waals surface area contributed by atoms with Crippen molar-refractivity contribution in [3.05, 3.63) is 54.1 Å². The maximum Gasteiger partial charge on any atom is 0.119 e. The third-order valence-corrected chi connectivity index (χ3v) is 8.26. The first-order valence-electron chi connectivity index (χ1n) is 15.0. The number of rotatable bonds is 16. The fourth-order valence-electron chi connectivity index (χ4n) is 6.03. The molecule has 0 aliphatic heterocycles. The van der Waals surface area contributed by atoms with Gasteiger partial charge in [0.15, 0.2) is 0 Å². The highest BCUT2D eigenvalue weighted by atomic mass is 16.5. The van der Waals surface area contributed by atoms with Crippen LogP contribution in [0.3, 0.4) is 0 Å². The Morgan fingerprint density at radius 1 is 0.892 bits per heavy atom. The molecule has 2 aromatic carbocycles. The lowest BCUT2D eigenvalue weighted by molar-refractivity contribution is 0.171. The van der Waals surface area contributed by atoms with E-state index in [4.69, 9.17) is 9.84 Å². The zero-order valence-electron chi connectivity index (χ0n) is 23.4. The summed E-state index contributed by atoms with van der Waals surface area (Å²) in [5, 5.41) is 19.2. The molecular weight excluding hydrogens is 454 g/mol. The normalized spacial score (nSPS) is 20.3.